The molecule has 0 aliphatic rings. The first kappa shape index (κ1) is 14.8. The Morgan fingerprint density at radius 1 is 0.762 bits per heavy atom. The van der Waals surface area contributed by atoms with Gasteiger partial charge in [0.25, 0.3) is 0 Å². The number of phenols is 3. The predicted molar refractivity (Wildman–Crippen MR) is 80.0 cm³/mol. The molecule has 2 aromatic carbocycles. The van der Waals surface area contributed by atoms with Crippen LogP contribution in [0.5, 0.6) is 17.2 Å². The van der Waals surface area contributed by atoms with Gasteiger partial charge in [-0.05, 0) is 66.3 Å². The smallest absolute Gasteiger partial charge is 0.157 e. The number of hydrogen-bond donors (Lipinski definition) is 3. The lowest BCUT2D eigenvalue weighted by molar-refractivity contribution is 0.403. The molecule has 0 aliphatic heterocycles. The van der Waals surface area contributed by atoms with Crippen molar-refractivity contribution < 1.29 is 15.3 Å². The second-order valence-electron chi connectivity index (χ2n) is 4.94. The van der Waals surface area contributed by atoms with Crippen molar-refractivity contribution >= 4 is 5.69 Å². The maximum atomic E-state index is 10.5. The molecule has 5 nitrogen and oxygen atoms in total. The van der Waals surface area contributed by atoms with Crippen LogP contribution >= 0.6 is 0 Å². The van der Waals surface area contributed by atoms with Crippen molar-refractivity contribution in [3.05, 3.63) is 52.4 Å². The molecule has 0 saturated carbocycles. The van der Waals surface area contributed by atoms with Crippen molar-refractivity contribution in [3.63, 3.8) is 0 Å². The van der Waals surface area contributed by atoms with E-state index < -0.39 is 0 Å². The van der Waals surface area contributed by atoms with Crippen LogP contribution in [0.25, 0.3) is 0 Å². The third kappa shape index (κ3) is 3.95. The molecule has 3 N–H and O–H groups in total. The molecule has 0 bridgehead atoms. The van der Waals surface area contributed by atoms with Crippen LogP contribution < -0.4 is 0 Å². The Balaban J connectivity index is 1.84. The molecule has 0 radical (unpaired) electrons. The zero-order valence-corrected chi connectivity index (χ0v) is 11.5. The van der Waals surface area contributed by atoms with Gasteiger partial charge in [0, 0.05) is 0 Å². The van der Waals surface area contributed by atoms with E-state index in [4.69, 9.17) is 0 Å². The zero-order valence-electron chi connectivity index (χ0n) is 11.5. The van der Waals surface area contributed by atoms with E-state index in [2.05, 4.69) is 5.18 Å². The Bertz CT molecular complexity index is 640. The highest BCUT2D eigenvalue weighted by Gasteiger charge is 2.04. The van der Waals surface area contributed by atoms with E-state index in [0.29, 0.717) is 0 Å². The number of hydrogen-bond acceptors (Lipinski definition) is 5. The van der Waals surface area contributed by atoms with Gasteiger partial charge in [0.15, 0.2) is 11.5 Å². The summed E-state index contributed by atoms with van der Waals surface area (Å²) in [4.78, 5) is 10.5. The molecule has 2 rings (SSSR count). The van der Waals surface area contributed by atoms with Crippen molar-refractivity contribution in [1.29, 1.82) is 0 Å². The van der Waals surface area contributed by atoms with E-state index in [-0.39, 0.29) is 22.9 Å². The summed E-state index contributed by atoms with van der Waals surface area (Å²) in [5.74, 6) is -0.321. The van der Waals surface area contributed by atoms with Crippen LogP contribution in [0.4, 0.5) is 5.69 Å². The van der Waals surface area contributed by atoms with Gasteiger partial charge >= 0.3 is 0 Å². The normalized spacial score (nSPS) is 10.5. The number of nitrogens with zero attached hydrogens (tertiary/aromatic N) is 1. The predicted octanol–water partition coefficient (Wildman–Crippen LogP) is 3.77. The maximum Gasteiger partial charge on any atom is 0.157 e. The lowest BCUT2D eigenvalue weighted by Gasteiger charge is -2.05. The molecular weight excluding hydrogens is 270 g/mol. The first-order valence-corrected chi connectivity index (χ1v) is 6.76. The first-order chi connectivity index (χ1) is 10.1. The molecule has 0 amide bonds. The van der Waals surface area contributed by atoms with Crippen LogP contribution in [-0.2, 0) is 12.8 Å². The van der Waals surface area contributed by atoms with Gasteiger partial charge in [0.05, 0.1) is 0 Å². The number of nitroso groups, excluding NO2 is 1. The Hall–Kier alpha value is -2.56. The molecule has 110 valence electrons. The highest BCUT2D eigenvalue weighted by Crippen LogP contribution is 2.28. The summed E-state index contributed by atoms with van der Waals surface area (Å²) in [6, 6.07) is 9.66. The molecule has 0 aromatic heterocycles. The van der Waals surface area contributed by atoms with Crippen LogP contribution in [0.15, 0.2) is 41.6 Å². The SMILES string of the molecule is O=Nc1cc(CCCCc2ccc(O)c(O)c2)ccc1O. The summed E-state index contributed by atoms with van der Waals surface area (Å²) >= 11 is 0. The number of phenolic OH excluding ortho intramolecular Hbond substituents is 3. The van der Waals surface area contributed by atoms with Crippen LogP contribution in [0.2, 0.25) is 0 Å². The van der Waals surface area contributed by atoms with Crippen LogP contribution in [0.1, 0.15) is 24.0 Å². The molecule has 0 heterocycles. The molecule has 0 unspecified atom stereocenters. The third-order valence-corrected chi connectivity index (χ3v) is 3.36. The summed E-state index contributed by atoms with van der Waals surface area (Å²) in [7, 11) is 0. The largest absolute Gasteiger partial charge is 0.506 e. The second-order valence-corrected chi connectivity index (χ2v) is 4.94. The van der Waals surface area contributed by atoms with Gasteiger partial charge in [-0.15, -0.1) is 4.91 Å². The van der Waals surface area contributed by atoms with E-state index in [1.807, 2.05) is 0 Å². The van der Waals surface area contributed by atoms with Crippen LogP contribution in [0, 0.1) is 4.91 Å². The van der Waals surface area contributed by atoms with Crippen LogP contribution in [0.3, 0.4) is 0 Å². The summed E-state index contributed by atoms with van der Waals surface area (Å²) in [5, 5.41) is 30.8. The Morgan fingerprint density at radius 3 is 1.90 bits per heavy atom. The molecule has 21 heavy (non-hydrogen) atoms. The van der Waals surface area contributed by atoms with Gasteiger partial charge in [-0.25, -0.2) is 0 Å². The van der Waals surface area contributed by atoms with E-state index >= 15 is 0 Å². The molecule has 2 aromatic rings. The van der Waals surface area contributed by atoms with Gasteiger partial charge in [-0.3, -0.25) is 0 Å². The number of aryl methyl sites for hydroxylation is 2. The van der Waals surface area contributed by atoms with Gasteiger partial charge in [-0.1, -0.05) is 12.1 Å². The first-order valence-electron chi connectivity index (χ1n) is 6.76. The highest BCUT2D eigenvalue weighted by molar-refractivity contribution is 5.52. The monoisotopic (exact) mass is 287 g/mol. The highest BCUT2D eigenvalue weighted by atomic mass is 16.3. The fourth-order valence-electron chi connectivity index (χ4n) is 2.18. The van der Waals surface area contributed by atoms with E-state index in [1.165, 1.54) is 12.1 Å². The Kier molecular flexibility index (Phi) is 4.77. The van der Waals surface area contributed by atoms with Gasteiger partial charge in [0.1, 0.15) is 11.4 Å². The summed E-state index contributed by atoms with van der Waals surface area (Å²) in [5.41, 5.74) is 1.98. The lowest BCUT2D eigenvalue weighted by atomic mass is 10.0. The average molecular weight is 287 g/mol. The van der Waals surface area contributed by atoms with Crippen molar-refractivity contribution in [1.82, 2.24) is 0 Å². The minimum Gasteiger partial charge on any atom is -0.506 e. The fraction of sp³-hybridized carbons (Fsp3) is 0.250. The second kappa shape index (κ2) is 6.74. The maximum absolute atomic E-state index is 10.5. The standard InChI is InChI=1S/C16H17NO4/c18-14-7-5-11(9-13(14)17-21)3-1-2-4-12-6-8-15(19)16(20)10-12/h5-10,18-20H,1-4H2. The molecule has 0 spiro atoms. The number of aromatic hydroxyl groups is 3. The number of rotatable bonds is 6. The van der Waals surface area contributed by atoms with Crippen molar-refractivity contribution in [2.75, 3.05) is 0 Å². The Morgan fingerprint density at radius 2 is 1.33 bits per heavy atom. The molecule has 0 aliphatic carbocycles. The number of unbranched alkanes of at least 4 members (excludes halogenated alkanes) is 1. The van der Waals surface area contributed by atoms with Crippen molar-refractivity contribution in [2.24, 2.45) is 5.18 Å². The minimum absolute atomic E-state index is 0.0657. The molecule has 5 heteroatoms. The fourth-order valence-corrected chi connectivity index (χ4v) is 2.18. The molecular formula is C16H17NO4. The summed E-state index contributed by atoms with van der Waals surface area (Å²) < 4.78 is 0. The molecule has 0 atom stereocenters. The van der Waals surface area contributed by atoms with E-state index in [0.717, 1.165) is 36.8 Å². The lowest BCUT2D eigenvalue weighted by Crippen LogP contribution is -1.89. The van der Waals surface area contributed by atoms with Gasteiger partial charge in [-0.2, -0.15) is 0 Å². The van der Waals surface area contributed by atoms with E-state index in [1.54, 1.807) is 24.3 Å². The van der Waals surface area contributed by atoms with Crippen molar-refractivity contribution in [3.8, 4) is 17.2 Å². The summed E-state index contributed by atoms with van der Waals surface area (Å²) in [6.45, 7) is 0. The summed E-state index contributed by atoms with van der Waals surface area (Å²) in [6.07, 6.45) is 3.40. The average Bonchev–Trinajstić information content (AvgIpc) is 2.48. The third-order valence-electron chi connectivity index (χ3n) is 3.36. The molecule has 0 fully saturated rings. The quantitative estimate of drug-likeness (QED) is 0.428. The minimum atomic E-state index is -0.114. The topological polar surface area (TPSA) is 90.1 Å². The molecule has 0 saturated heterocycles. The zero-order chi connectivity index (χ0) is 15.2. The van der Waals surface area contributed by atoms with Crippen molar-refractivity contribution in [2.45, 2.75) is 25.7 Å². The van der Waals surface area contributed by atoms with E-state index in [9.17, 15) is 20.2 Å². The van der Waals surface area contributed by atoms with Gasteiger partial charge in [0.2, 0.25) is 0 Å². The number of benzene rings is 2. The van der Waals surface area contributed by atoms with Gasteiger partial charge < -0.3 is 15.3 Å². The van der Waals surface area contributed by atoms with Crippen LogP contribution in [-0.4, -0.2) is 15.3 Å². The Labute approximate surface area is 122 Å².